The molecule has 2 fully saturated rings. The van der Waals surface area contributed by atoms with Crippen LogP contribution in [0, 0.1) is 5.92 Å². The van der Waals surface area contributed by atoms with Crippen molar-refractivity contribution >= 4 is 46.7 Å². The highest BCUT2D eigenvalue weighted by Crippen LogP contribution is 2.53. The maximum absolute atomic E-state index is 13.0. The number of fused-ring (bicyclic) bond motifs is 3. The molecule has 0 aromatic heterocycles. The first-order valence-electron chi connectivity index (χ1n) is 8.04. The van der Waals surface area contributed by atoms with Crippen LogP contribution in [0.3, 0.4) is 0 Å². The molecule has 2 atom stereocenters. The predicted octanol–water partition coefficient (Wildman–Crippen LogP) is 2.33. The number of alkyl halides is 2. The van der Waals surface area contributed by atoms with E-state index in [0.29, 0.717) is 17.7 Å². The summed E-state index contributed by atoms with van der Waals surface area (Å²) in [5.74, 6) is -1.27. The fourth-order valence-corrected chi connectivity index (χ4v) is 4.13. The van der Waals surface area contributed by atoms with Gasteiger partial charge in [0, 0.05) is 25.8 Å². The molecule has 2 heterocycles. The first kappa shape index (κ1) is 16.7. The number of anilines is 1. The lowest BCUT2D eigenvalue weighted by Crippen LogP contribution is -2.67. The van der Waals surface area contributed by atoms with Crippen molar-refractivity contribution in [1.29, 1.82) is 0 Å². The number of carbonyl (C=O) groups excluding carboxylic acids is 3. The highest BCUT2D eigenvalue weighted by molar-refractivity contribution is 6.50. The fourth-order valence-electron chi connectivity index (χ4n) is 3.63. The van der Waals surface area contributed by atoms with Gasteiger partial charge in [0.2, 0.25) is 11.6 Å². The molecule has 1 saturated heterocycles. The molecule has 2 aliphatic heterocycles. The quantitative estimate of drug-likeness (QED) is 0.594. The number of amides is 2. The maximum atomic E-state index is 13.0. The molecule has 0 bridgehead atoms. The van der Waals surface area contributed by atoms with E-state index in [1.165, 1.54) is 16.8 Å². The highest BCUT2D eigenvalue weighted by Gasteiger charge is 2.61. The van der Waals surface area contributed by atoms with E-state index in [-0.39, 0.29) is 37.2 Å². The lowest BCUT2D eigenvalue weighted by Gasteiger charge is -2.46. The van der Waals surface area contributed by atoms with Crippen LogP contribution in [-0.2, 0) is 14.3 Å². The summed E-state index contributed by atoms with van der Waals surface area (Å²) in [7, 11) is 1.52. The van der Waals surface area contributed by atoms with Crippen LogP contribution >= 0.6 is 23.2 Å². The zero-order valence-electron chi connectivity index (χ0n) is 13.5. The van der Waals surface area contributed by atoms with Gasteiger partial charge in [0.05, 0.1) is 17.9 Å². The Bertz CT molecular complexity index is 797. The third kappa shape index (κ3) is 2.27. The number of carbonyl (C=O) groups is 3. The number of likely N-dealkylation sites (N-methyl/N-ethyl adjacent to an activating group) is 1. The molecule has 0 spiro atoms. The number of rotatable bonds is 3. The number of esters is 1. The van der Waals surface area contributed by atoms with Crippen molar-refractivity contribution in [2.24, 2.45) is 5.92 Å². The van der Waals surface area contributed by atoms with E-state index in [2.05, 4.69) is 0 Å². The van der Waals surface area contributed by atoms with Crippen LogP contribution in [0.4, 0.5) is 5.69 Å². The largest absolute Gasteiger partial charge is 0.462 e. The maximum Gasteiger partial charge on any atom is 0.353 e. The van der Waals surface area contributed by atoms with E-state index < -0.39 is 16.0 Å². The van der Waals surface area contributed by atoms with Crippen LogP contribution in [0.2, 0.25) is 0 Å². The Hall–Kier alpha value is -1.79. The van der Waals surface area contributed by atoms with E-state index in [9.17, 15) is 14.4 Å². The fraction of sp³-hybridized carbons (Fsp3) is 0.471. The van der Waals surface area contributed by atoms with E-state index in [1.54, 1.807) is 24.3 Å². The second-order valence-electron chi connectivity index (χ2n) is 6.69. The summed E-state index contributed by atoms with van der Waals surface area (Å²) >= 11 is 11.9. The number of hydrogen-bond donors (Lipinski definition) is 0. The first-order valence-corrected chi connectivity index (χ1v) is 8.80. The first-order chi connectivity index (χ1) is 11.8. The van der Waals surface area contributed by atoms with Crippen LogP contribution in [0.1, 0.15) is 29.6 Å². The van der Waals surface area contributed by atoms with Gasteiger partial charge in [0.25, 0.3) is 5.91 Å². The predicted molar refractivity (Wildman–Crippen MR) is 91.5 cm³/mol. The Morgan fingerprint density at radius 1 is 1.32 bits per heavy atom. The minimum absolute atomic E-state index is 0.0687. The summed E-state index contributed by atoms with van der Waals surface area (Å²) in [4.78, 5) is 41.0. The van der Waals surface area contributed by atoms with Gasteiger partial charge in [0.1, 0.15) is 4.33 Å². The Morgan fingerprint density at radius 3 is 2.68 bits per heavy atom. The second-order valence-corrected chi connectivity index (χ2v) is 8.23. The Balaban J connectivity index is 1.70. The van der Waals surface area contributed by atoms with Crippen LogP contribution in [-0.4, -0.2) is 46.3 Å². The third-order valence-corrected chi connectivity index (χ3v) is 6.17. The molecule has 3 aliphatic rings. The summed E-state index contributed by atoms with van der Waals surface area (Å²) in [6.45, 7) is 0.0687. The zero-order chi connectivity index (χ0) is 18.0. The van der Waals surface area contributed by atoms with Crippen LogP contribution in [0.5, 0.6) is 0 Å². The van der Waals surface area contributed by atoms with E-state index >= 15 is 0 Å². The topological polar surface area (TPSA) is 66.9 Å². The van der Waals surface area contributed by atoms with Crippen molar-refractivity contribution in [2.75, 3.05) is 18.6 Å². The molecule has 0 unspecified atom stereocenters. The van der Waals surface area contributed by atoms with E-state index in [4.69, 9.17) is 27.9 Å². The molecule has 6 nitrogen and oxygen atoms in total. The SMILES string of the molecule is CN1C(=O)c2ccccc2N2C(=O)CC[C@]12C(=O)OC[C@@H]1CC1(Cl)Cl. The van der Waals surface area contributed by atoms with Crippen LogP contribution in [0.15, 0.2) is 24.3 Å². The normalized spacial score (nSPS) is 29.3. The van der Waals surface area contributed by atoms with Gasteiger partial charge >= 0.3 is 5.97 Å². The number of para-hydroxylation sites is 1. The van der Waals surface area contributed by atoms with Crippen LogP contribution in [0.25, 0.3) is 0 Å². The summed E-state index contributed by atoms with van der Waals surface area (Å²) in [6, 6.07) is 6.78. The van der Waals surface area contributed by atoms with Gasteiger partial charge in [-0.1, -0.05) is 12.1 Å². The molecule has 1 aromatic carbocycles. The monoisotopic (exact) mass is 382 g/mol. The standard InChI is InChI=1S/C17H16Cl2N2O4/c1-20-14(23)11-4-2-3-5-12(11)21-13(22)6-7-17(20,21)15(24)25-9-10-8-16(10,18)19/h2-5,10H,6-9H2,1H3/t10-,17-/m0/s1. The molecule has 1 aromatic rings. The van der Waals surface area contributed by atoms with Crippen molar-refractivity contribution in [2.45, 2.75) is 29.3 Å². The van der Waals surface area contributed by atoms with Gasteiger partial charge < -0.3 is 9.64 Å². The number of halogens is 2. The van der Waals surface area contributed by atoms with Gasteiger partial charge in [0.15, 0.2) is 0 Å². The number of benzene rings is 1. The molecular weight excluding hydrogens is 367 g/mol. The van der Waals surface area contributed by atoms with Gasteiger partial charge in [-0.25, -0.2) is 4.79 Å². The van der Waals surface area contributed by atoms with Gasteiger partial charge in [-0.3, -0.25) is 14.5 Å². The molecule has 1 aliphatic carbocycles. The van der Waals surface area contributed by atoms with Crippen molar-refractivity contribution in [1.82, 2.24) is 4.90 Å². The molecule has 2 amide bonds. The number of ether oxygens (including phenoxy) is 1. The molecular formula is C17H16Cl2N2O4. The molecule has 0 N–H and O–H groups in total. The van der Waals surface area contributed by atoms with Crippen molar-refractivity contribution in [3.05, 3.63) is 29.8 Å². The van der Waals surface area contributed by atoms with E-state index in [0.717, 1.165) is 0 Å². The summed E-state index contributed by atoms with van der Waals surface area (Å²) in [5.41, 5.74) is -0.606. The number of hydrogen-bond acceptors (Lipinski definition) is 4. The average molecular weight is 383 g/mol. The van der Waals surface area contributed by atoms with Gasteiger partial charge in [-0.2, -0.15) is 0 Å². The Labute approximate surface area is 154 Å². The summed E-state index contributed by atoms with van der Waals surface area (Å²) in [6.07, 6.45) is 0.912. The molecule has 8 heteroatoms. The molecule has 25 heavy (non-hydrogen) atoms. The van der Waals surface area contributed by atoms with Gasteiger partial charge in [-0.15, -0.1) is 23.2 Å². The molecule has 0 radical (unpaired) electrons. The zero-order valence-corrected chi connectivity index (χ0v) is 15.0. The lowest BCUT2D eigenvalue weighted by molar-refractivity contribution is -0.157. The molecule has 1 saturated carbocycles. The van der Waals surface area contributed by atoms with Crippen molar-refractivity contribution < 1.29 is 19.1 Å². The molecule has 132 valence electrons. The Kier molecular flexibility index (Phi) is 3.57. The van der Waals surface area contributed by atoms with Crippen molar-refractivity contribution in [3.63, 3.8) is 0 Å². The van der Waals surface area contributed by atoms with Gasteiger partial charge in [-0.05, 0) is 18.6 Å². The second kappa shape index (κ2) is 5.35. The lowest BCUT2D eigenvalue weighted by atomic mass is 9.97. The smallest absolute Gasteiger partial charge is 0.353 e. The summed E-state index contributed by atoms with van der Waals surface area (Å²) in [5, 5.41) is 0. The summed E-state index contributed by atoms with van der Waals surface area (Å²) < 4.78 is 4.58. The van der Waals surface area contributed by atoms with Crippen LogP contribution < -0.4 is 4.90 Å². The van der Waals surface area contributed by atoms with E-state index in [1.807, 2.05) is 0 Å². The molecule has 4 rings (SSSR count). The Morgan fingerprint density at radius 2 is 2.00 bits per heavy atom. The highest BCUT2D eigenvalue weighted by atomic mass is 35.5. The number of nitrogens with zero attached hydrogens (tertiary/aromatic N) is 2. The van der Waals surface area contributed by atoms with Crippen molar-refractivity contribution in [3.8, 4) is 0 Å². The third-order valence-electron chi connectivity index (χ3n) is 5.24. The minimum Gasteiger partial charge on any atom is -0.462 e. The average Bonchev–Trinajstić information content (AvgIpc) is 3.04. The minimum atomic E-state index is -1.45.